The van der Waals surface area contributed by atoms with E-state index >= 15 is 0 Å². The average molecular weight is 500 g/mol. The minimum atomic E-state index is -0.168. The molecular weight excluding hydrogens is 474 g/mol. The molecule has 0 N–H and O–H groups in total. The highest BCUT2D eigenvalue weighted by Crippen LogP contribution is 2.24. The van der Waals surface area contributed by atoms with Gasteiger partial charge in [0.2, 0.25) is 11.7 Å². The summed E-state index contributed by atoms with van der Waals surface area (Å²) in [6.45, 7) is 2.43. The summed E-state index contributed by atoms with van der Waals surface area (Å²) in [5.74, 6) is 1.26. The Balaban J connectivity index is 1.48. The van der Waals surface area contributed by atoms with E-state index in [0.717, 1.165) is 16.9 Å². The third kappa shape index (κ3) is 4.33. The first-order valence-electron chi connectivity index (χ1n) is 11.4. The second-order valence-corrected chi connectivity index (χ2v) is 9.40. The van der Waals surface area contributed by atoms with E-state index in [1.807, 2.05) is 78.1 Å². The summed E-state index contributed by atoms with van der Waals surface area (Å²) in [6.07, 6.45) is 0. The second kappa shape index (κ2) is 9.87. The molecule has 0 spiro atoms. The Bertz CT molecular complexity index is 1620. The van der Waals surface area contributed by atoms with E-state index in [-0.39, 0.29) is 17.2 Å². The molecule has 3 aromatic carbocycles. The zero-order valence-electron chi connectivity index (χ0n) is 20.2. The quantitative estimate of drug-likeness (QED) is 0.314. The maximum absolute atomic E-state index is 13.4. The summed E-state index contributed by atoms with van der Waals surface area (Å²) in [7, 11) is 3.38. The minimum absolute atomic E-state index is 0.0567. The number of methoxy groups -OCH3 is 1. The summed E-state index contributed by atoms with van der Waals surface area (Å²) in [5, 5.41) is 9.80. The van der Waals surface area contributed by atoms with Gasteiger partial charge < -0.3 is 9.64 Å². The summed E-state index contributed by atoms with van der Waals surface area (Å²) in [5.41, 5.74) is 3.26. The number of benzene rings is 3. The monoisotopic (exact) mass is 499 g/mol. The molecule has 1 amide bonds. The third-order valence-corrected chi connectivity index (χ3v) is 6.95. The normalized spacial score (nSPS) is 11.2. The van der Waals surface area contributed by atoms with E-state index in [2.05, 4.69) is 10.2 Å². The molecule has 0 unspecified atom stereocenters. The van der Waals surface area contributed by atoms with Crippen LogP contribution < -0.4 is 10.3 Å². The van der Waals surface area contributed by atoms with Gasteiger partial charge >= 0.3 is 0 Å². The van der Waals surface area contributed by atoms with Crippen LogP contribution in [0.5, 0.6) is 5.75 Å². The van der Waals surface area contributed by atoms with Gasteiger partial charge in [0.05, 0.1) is 29.5 Å². The molecule has 9 heteroatoms. The number of nitrogens with zero attached hydrogens (tertiary/aromatic N) is 5. The van der Waals surface area contributed by atoms with Crippen molar-refractivity contribution < 1.29 is 9.53 Å². The number of aryl methyl sites for hydroxylation is 1. The Morgan fingerprint density at radius 2 is 1.72 bits per heavy atom. The van der Waals surface area contributed by atoms with E-state index in [1.165, 1.54) is 11.8 Å². The Kier molecular flexibility index (Phi) is 6.47. The molecular formula is C27H25N5O3S. The summed E-state index contributed by atoms with van der Waals surface area (Å²) >= 11 is 1.29. The summed E-state index contributed by atoms with van der Waals surface area (Å²) in [4.78, 5) is 28.1. The number of ether oxygens (including phenoxy) is 1. The lowest BCUT2D eigenvalue weighted by Gasteiger charge is -2.18. The molecule has 182 valence electrons. The minimum Gasteiger partial charge on any atom is -0.496 e. The largest absolute Gasteiger partial charge is 0.496 e. The molecule has 0 saturated heterocycles. The fourth-order valence-corrected chi connectivity index (χ4v) is 4.99. The van der Waals surface area contributed by atoms with Crippen LogP contribution in [0.25, 0.3) is 22.4 Å². The second-order valence-electron chi connectivity index (χ2n) is 8.46. The number of hydrogen-bond acceptors (Lipinski definition) is 6. The lowest BCUT2D eigenvalue weighted by atomic mass is 10.2. The Morgan fingerprint density at radius 3 is 2.50 bits per heavy atom. The van der Waals surface area contributed by atoms with E-state index < -0.39 is 0 Å². The molecule has 0 atom stereocenters. The van der Waals surface area contributed by atoms with Crippen molar-refractivity contribution in [2.75, 3.05) is 19.9 Å². The number of hydrogen-bond donors (Lipinski definition) is 0. The van der Waals surface area contributed by atoms with Crippen LogP contribution in [0.4, 0.5) is 0 Å². The SMILES string of the molecule is COc1ccccc1CN(C)C(=O)CSc1nnc2n(-c3ccc(C)cc3)c(=O)c3ccccc3n12. The molecule has 5 aromatic rings. The van der Waals surface area contributed by atoms with Crippen LogP contribution >= 0.6 is 11.8 Å². The van der Waals surface area contributed by atoms with Crippen molar-refractivity contribution in [2.45, 2.75) is 18.6 Å². The maximum Gasteiger partial charge on any atom is 0.267 e. The molecule has 0 bridgehead atoms. The van der Waals surface area contributed by atoms with Crippen LogP contribution in [0.1, 0.15) is 11.1 Å². The van der Waals surface area contributed by atoms with E-state index in [1.54, 1.807) is 29.7 Å². The van der Waals surface area contributed by atoms with Crippen LogP contribution in [0.2, 0.25) is 0 Å². The number of rotatable bonds is 7. The third-order valence-electron chi connectivity index (χ3n) is 6.04. The Labute approximate surface area is 212 Å². The smallest absolute Gasteiger partial charge is 0.267 e. The molecule has 2 aromatic heterocycles. The summed E-state index contributed by atoms with van der Waals surface area (Å²) in [6, 6.07) is 22.7. The van der Waals surface area contributed by atoms with Gasteiger partial charge in [-0.15, -0.1) is 10.2 Å². The number of para-hydroxylation sites is 2. The molecule has 0 fully saturated rings. The predicted octanol–water partition coefficient (Wildman–Crippen LogP) is 4.10. The first-order chi connectivity index (χ1) is 17.5. The average Bonchev–Trinajstić information content (AvgIpc) is 3.32. The molecule has 2 heterocycles. The van der Waals surface area contributed by atoms with Crippen LogP contribution in [0.15, 0.2) is 82.7 Å². The lowest BCUT2D eigenvalue weighted by Crippen LogP contribution is -2.28. The highest BCUT2D eigenvalue weighted by atomic mass is 32.2. The van der Waals surface area contributed by atoms with Crippen molar-refractivity contribution >= 4 is 34.3 Å². The van der Waals surface area contributed by atoms with Crippen LogP contribution in [-0.4, -0.2) is 49.9 Å². The molecule has 0 aliphatic rings. The highest BCUT2D eigenvalue weighted by molar-refractivity contribution is 7.99. The number of aromatic nitrogens is 4. The Hall–Kier alpha value is -4.11. The van der Waals surface area contributed by atoms with E-state index in [9.17, 15) is 9.59 Å². The first-order valence-corrected chi connectivity index (χ1v) is 12.4. The molecule has 8 nitrogen and oxygen atoms in total. The van der Waals surface area contributed by atoms with Crippen LogP contribution in [-0.2, 0) is 11.3 Å². The van der Waals surface area contributed by atoms with Crippen molar-refractivity contribution in [1.29, 1.82) is 0 Å². The standard InChI is InChI=1S/C27H25N5O3S/c1-18-12-14-20(15-13-18)31-25(34)21-9-5-6-10-22(21)32-26(31)28-29-27(32)36-17-24(33)30(2)16-19-8-4-7-11-23(19)35-3/h4-15H,16-17H2,1-3H3. The van der Waals surface area contributed by atoms with Gasteiger partial charge in [0.1, 0.15) is 5.75 Å². The first kappa shape index (κ1) is 23.6. The van der Waals surface area contributed by atoms with Gasteiger partial charge in [0, 0.05) is 19.2 Å². The number of amides is 1. The molecule has 0 radical (unpaired) electrons. The zero-order valence-corrected chi connectivity index (χ0v) is 21.0. The Morgan fingerprint density at radius 1 is 1.00 bits per heavy atom. The topological polar surface area (TPSA) is 81.7 Å². The van der Waals surface area contributed by atoms with Gasteiger partial charge in [-0.2, -0.15) is 0 Å². The summed E-state index contributed by atoms with van der Waals surface area (Å²) < 4.78 is 8.81. The number of fused-ring (bicyclic) bond motifs is 3. The van der Waals surface area contributed by atoms with Crippen molar-refractivity contribution in [3.05, 3.63) is 94.3 Å². The van der Waals surface area contributed by atoms with Crippen LogP contribution in [0.3, 0.4) is 0 Å². The van der Waals surface area contributed by atoms with Gasteiger partial charge in [-0.1, -0.05) is 59.8 Å². The fraction of sp³-hybridized carbons (Fsp3) is 0.185. The van der Waals surface area contributed by atoms with Gasteiger partial charge in [-0.05, 0) is 37.3 Å². The molecule has 36 heavy (non-hydrogen) atoms. The predicted molar refractivity (Wildman–Crippen MR) is 141 cm³/mol. The van der Waals surface area contributed by atoms with Crippen molar-refractivity contribution in [3.63, 3.8) is 0 Å². The number of carbonyl (C=O) groups is 1. The van der Waals surface area contributed by atoms with Crippen molar-refractivity contribution in [1.82, 2.24) is 24.1 Å². The van der Waals surface area contributed by atoms with Crippen molar-refractivity contribution in [3.8, 4) is 11.4 Å². The van der Waals surface area contributed by atoms with Gasteiger partial charge in [0.25, 0.3) is 5.56 Å². The van der Waals surface area contributed by atoms with Gasteiger partial charge in [-0.25, -0.2) is 4.57 Å². The van der Waals surface area contributed by atoms with Crippen LogP contribution in [0, 0.1) is 6.92 Å². The molecule has 0 aliphatic heterocycles. The van der Waals surface area contributed by atoms with Crippen molar-refractivity contribution in [2.24, 2.45) is 0 Å². The highest BCUT2D eigenvalue weighted by Gasteiger charge is 2.19. The van der Waals surface area contributed by atoms with E-state index in [0.29, 0.717) is 34.1 Å². The fourth-order valence-electron chi connectivity index (χ4n) is 4.11. The van der Waals surface area contributed by atoms with E-state index in [4.69, 9.17) is 4.74 Å². The lowest BCUT2D eigenvalue weighted by molar-refractivity contribution is -0.127. The number of thioether (sulfide) groups is 1. The maximum atomic E-state index is 13.4. The molecule has 5 rings (SSSR count). The van der Waals surface area contributed by atoms with Gasteiger partial charge in [-0.3, -0.25) is 14.0 Å². The number of carbonyl (C=O) groups excluding carboxylic acids is 1. The molecule has 0 aliphatic carbocycles. The van der Waals surface area contributed by atoms with Gasteiger partial charge in [0.15, 0.2) is 5.16 Å². The zero-order chi connectivity index (χ0) is 25.2. The molecule has 0 saturated carbocycles.